The number of thiocyanates is 1. The first-order valence-electron chi connectivity index (χ1n) is 7.05. The quantitative estimate of drug-likeness (QED) is 0.508. The topological polar surface area (TPSA) is 85.2 Å². The van der Waals surface area contributed by atoms with Crippen molar-refractivity contribution in [2.45, 2.75) is 4.90 Å². The maximum absolute atomic E-state index is 12.0. The summed E-state index contributed by atoms with van der Waals surface area (Å²) >= 11 is 1.02. The van der Waals surface area contributed by atoms with Gasteiger partial charge in [0.05, 0.1) is 0 Å². The van der Waals surface area contributed by atoms with Crippen LogP contribution in [-0.4, -0.2) is 25.9 Å². The van der Waals surface area contributed by atoms with Crippen LogP contribution in [0.2, 0.25) is 0 Å². The first kappa shape index (κ1) is 17.4. The van der Waals surface area contributed by atoms with E-state index in [4.69, 9.17) is 5.26 Å². The Kier molecular flexibility index (Phi) is 5.82. The minimum absolute atomic E-state index is 0.486. The lowest BCUT2D eigenvalue weighted by atomic mass is 10.2. The summed E-state index contributed by atoms with van der Waals surface area (Å²) in [5.74, 6) is -1.51. The van der Waals surface area contributed by atoms with Crippen LogP contribution in [0.4, 0.5) is 17.1 Å². The third-order valence-electron chi connectivity index (χ3n) is 3.10. The standard InChI is InChI=1S/C17H16N4O2S/c1-21(2)14-5-3-4-13(10-14)20-17(23)16(22)19-12-6-8-15(9-7-12)24-11-18/h3-10H,1-2H3,(H,19,22)(H,20,23). The molecule has 0 heterocycles. The Morgan fingerprint density at radius 2 is 1.62 bits per heavy atom. The first-order chi connectivity index (χ1) is 11.5. The zero-order chi connectivity index (χ0) is 17.5. The highest BCUT2D eigenvalue weighted by atomic mass is 32.2. The summed E-state index contributed by atoms with van der Waals surface area (Å²) in [6, 6.07) is 13.9. The normalized spacial score (nSPS) is 9.71. The van der Waals surface area contributed by atoms with E-state index in [0.717, 1.165) is 22.3 Å². The van der Waals surface area contributed by atoms with Gasteiger partial charge >= 0.3 is 11.8 Å². The Balaban J connectivity index is 1.98. The van der Waals surface area contributed by atoms with Gasteiger partial charge in [0, 0.05) is 36.1 Å². The van der Waals surface area contributed by atoms with Crippen LogP contribution in [0.1, 0.15) is 0 Å². The van der Waals surface area contributed by atoms with E-state index in [1.807, 2.05) is 30.5 Å². The van der Waals surface area contributed by atoms with Crippen molar-refractivity contribution >= 4 is 40.6 Å². The fraction of sp³-hybridized carbons (Fsp3) is 0.118. The molecule has 0 fully saturated rings. The van der Waals surface area contributed by atoms with Crippen molar-refractivity contribution in [1.29, 1.82) is 5.26 Å². The number of thioether (sulfide) groups is 1. The van der Waals surface area contributed by atoms with Crippen LogP contribution >= 0.6 is 11.8 Å². The van der Waals surface area contributed by atoms with Gasteiger partial charge in [-0.2, -0.15) is 5.26 Å². The number of nitriles is 1. The molecule has 0 aliphatic rings. The number of nitrogens with zero attached hydrogens (tertiary/aromatic N) is 2. The lowest BCUT2D eigenvalue weighted by Crippen LogP contribution is -2.29. The van der Waals surface area contributed by atoms with Gasteiger partial charge in [0.1, 0.15) is 5.40 Å². The van der Waals surface area contributed by atoms with E-state index >= 15 is 0 Å². The predicted octanol–water partition coefficient (Wildman–Crippen LogP) is 2.90. The van der Waals surface area contributed by atoms with E-state index in [2.05, 4.69) is 10.6 Å². The number of hydrogen-bond acceptors (Lipinski definition) is 5. The van der Waals surface area contributed by atoms with Crippen LogP contribution in [0.3, 0.4) is 0 Å². The minimum atomic E-state index is -0.758. The van der Waals surface area contributed by atoms with Crippen LogP contribution in [0.5, 0.6) is 0 Å². The Morgan fingerprint density at radius 3 is 2.21 bits per heavy atom. The molecule has 2 N–H and O–H groups in total. The van der Waals surface area contributed by atoms with Crippen molar-refractivity contribution in [2.75, 3.05) is 29.6 Å². The van der Waals surface area contributed by atoms with Crippen LogP contribution in [0, 0.1) is 10.7 Å². The molecular formula is C17H16N4O2S. The van der Waals surface area contributed by atoms with Gasteiger partial charge in [0.15, 0.2) is 0 Å². The van der Waals surface area contributed by atoms with Crippen molar-refractivity contribution in [3.8, 4) is 5.40 Å². The van der Waals surface area contributed by atoms with Gasteiger partial charge < -0.3 is 15.5 Å². The molecule has 0 unspecified atom stereocenters. The maximum Gasteiger partial charge on any atom is 0.314 e. The molecule has 2 aromatic rings. The maximum atomic E-state index is 12.0. The second-order valence-electron chi connectivity index (χ2n) is 5.07. The summed E-state index contributed by atoms with van der Waals surface area (Å²) in [4.78, 5) is 26.6. The van der Waals surface area contributed by atoms with Gasteiger partial charge in [-0.05, 0) is 54.2 Å². The van der Waals surface area contributed by atoms with Gasteiger partial charge in [-0.1, -0.05) is 6.07 Å². The van der Waals surface area contributed by atoms with Crippen molar-refractivity contribution in [2.24, 2.45) is 0 Å². The molecule has 0 aromatic heterocycles. The van der Waals surface area contributed by atoms with Gasteiger partial charge in [-0.25, -0.2) is 0 Å². The van der Waals surface area contributed by atoms with Gasteiger partial charge in [-0.15, -0.1) is 0 Å². The fourth-order valence-electron chi connectivity index (χ4n) is 1.90. The summed E-state index contributed by atoms with van der Waals surface area (Å²) < 4.78 is 0. The Labute approximate surface area is 144 Å². The van der Waals surface area contributed by atoms with Crippen molar-refractivity contribution in [3.63, 3.8) is 0 Å². The summed E-state index contributed by atoms with van der Waals surface area (Å²) in [5.41, 5.74) is 1.94. The van der Waals surface area contributed by atoms with Crippen LogP contribution in [-0.2, 0) is 9.59 Å². The minimum Gasteiger partial charge on any atom is -0.378 e. The highest BCUT2D eigenvalue weighted by Gasteiger charge is 2.14. The van der Waals surface area contributed by atoms with Gasteiger partial charge in [0.25, 0.3) is 0 Å². The third-order valence-corrected chi connectivity index (χ3v) is 3.70. The van der Waals surface area contributed by atoms with E-state index in [1.165, 1.54) is 0 Å². The number of anilines is 3. The summed E-state index contributed by atoms with van der Waals surface area (Å²) in [7, 11) is 3.78. The average molecular weight is 340 g/mol. The molecular weight excluding hydrogens is 324 g/mol. The summed E-state index contributed by atoms with van der Waals surface area (Å²) in [5, 5.41) is 15.6. The lowest BCUT2D eigenvalue weighted by Gasteiger charge is -2.14. The zero-order valence-corrected chi connectivity index (χ0v) is 14.1. The number of carbonyl (C=O) groups is 2. The molecule has 0 bridgehead atoms. The number of benzene rings is 2. The Hall–Kier alpha value is -2.98. The number of hydrogen-bond donors (Lipinski definition) is 2. The summed E-state index contributed by atoms with van der Waals surface area (Å²) in [6.45, 7) is 0. The summed E-state index contributed by atoms with van der Waals surface area (Å²) in [6.07, 6.45) is 0. The van der Waals surface area contributed by atoms with E-state index < -0.39 is 11.8 Å². The molecule has 2 aromatic carbocycles. The molecule has 0 radical (unpaired) electrons. The molecule has 7 heteroatoms. The van der Waals surface area contributed by atoms with Crippen LogP contribution in [0.15, 0.2) is 53.4 Å². The molecule has 0 saturated heterocycles. The predicted molar refractivity (Wildman–Crippen MR) is 95.9 cm³/mol. The Bertz CT molecular complexity index is 782. The zero-order valence-electron chi connectivity index (χ0n) is 13.2. The third kappa shape index (κ3) is 4.76. The molecule has 122 valence electrons. The van der Waals surface area contributed by atoms with Crippen molar-refractivity contribution < 1.29 is 9.59 Å². The van der Waals surface area contributed by atoms with Gasteiger partial charge in [0.2, 0.25) is 0 Å². The highest BCUT2D eigenvalue weighted by molar-refractivity contribution is 8.03. The van der Waals surface area contributed by atoms with E-state index in [9.17, 15) is 9.59 Å². The van der Waals surface area contributed by atoms with E-state index in [0.29, 0.717) is 11.4 Å². The fourth-order valence-corrected chi connectivity index (χ4v) is 2.27. The number of amides is 2. The highest BCUT2D eigenvalue weighted by Crippen LogP contribution is 2.19. The molecule has 6 nitrogen and oxygen atoms in total. The molecule has 0 aliphatic heterocycles. The number of nitrogens with one attached hydrogen (secondary N) is 2. The molecule has 0 spiro atoms. The van der Waals surface area contributed by atoms with E-state index in [1.54, 1.807) is 42.5 Å². The van der Waals surface area contributed by atoms with Crippen molar-refractivity contribution in [3.05, 3.63) is 48.5 Å². The van der Waals surface area contributed by atoms with E-state index in [-0.39, 0.29) is 0 Å². The smallest absolute Gasteiger partial charge is 0.314 e. The number of rotatable bonds is 4. The molecule has 2 amide bonds. The first-order valence-corrected chi connectivity index (χ1v) is 7.87. The van der Waals surface area contributed by atoms with Gasteiger partial charge in [-0.3, -0.25) is 9.59 Å². The SMILES string of the molecule is CN(C)c1cccc(NC(=O)C(=O)Nc2ccc(SC#N)cc2)c1. The molecule has 0 aliphatic carbocycles. The Morgan fingerprint density at radius 1 is 1.00 bits per heavy atom. The second kappa shape index (κ2) is 8.04. The second-order valence-corrected chi connectivity index (χ2v) is 5.93. The largest absolute Gasteiger partial charge is 0.378 e. The number of carbonyl (C=O) groups excluding carboxylic acids is 2. The van der Waals surface area contributed by atoms with Crippen LogP contribution < -0.4 is 15.5 Å². The van der Waals surface area contributed by atoms with Crippen molar-refractivity contribution in [1.82, 2.24) is 0 Å². The van der Waals surface area contributed by atoms with Crippen LogP contribution in [0.25, 0.3) is 0 Å². The average Bonchev–Trinajstić information content (AvgIpc) is 2.57. The molecule has 0 atom stereocenters. The lowest BCUT2D eigenvalue weighted by molar-refractivity contribution is -0.132. The monoisotopic (exact) mass is 340 g/mol. The molecule has 0 saturated carbocycles. The molecule has 2 rings (SSSR count). The molecule has 24 heavy (non-hydrogen) atoms.